The normalized spacial score (nSPS) is 11.4. The van der Waals surface area contributed by atoms with Gasteiger partial charge in [0.15, 0.2) is 5.16 Å². The zero-order chi connectivity index (χ0) is 21.3. The van der Waals surface area contributed by atoms with E-state index >= 15 is 0 Å². The first-order valence-electron chi connectivity index (χ1n) is 9.84. The van der Waals surface area contributed by atoms with E-state index in [9.17, 15) is 9.59 Å². The summed E-state index contributed by atoms with van der Waals surface area (Å²) in [6, 6.07) is 7.88. The fourth-order valence-corrected chi connectivity index (χ4v) is 4.86. The number of thioether (sulfide) groups is 1. The minimum Gasteiger partial charge on any atom is -0.325 e. The molecule has 0 atom stereocenters. The number of aryl methyl sites for hydroxylation is 3. The number of hydrogen-bond donors (Lipinski definition) is 1. The number of thiophene rings is 1. The summed E-state index contributed by atoms with van der Waals surface area (Å²) in [5.41, 5.74) is 3.69. The summed E-state index contributed by atoms with van der Waals surface area (Å²) in [4.78, 5) is 25.4. The topological polar surface area (TPSA) is 81.3 Å². The van der Waals surface area contributed by atoms with Gasteiger partial charge >= 0.3 is 0 Å². The zero-order valence-corrected chi connectivity index (χ0v) is 18.8. The number of aromatic nitrogens is 4. The van der Waals surface area contributed by atoms with Gasteiger partial charge < -0.3 is 5.32 Å². The van der Waals surface area contributed by atoms with Gasteiger partial charge in [0, 0.05) is 12.2 Å². The van der Waals surface area contributed by atoms with Crippen LogP contribution in [0.3, 0.4) is 0 Å². The van der Waals surface area contributed by atoms with Gasteiger partial charge in [0.1, 0.15) is 4.70 Å². The third-order valence-corrected chi connectivity index (χ3v) is 6.74. The van der Waals surface area contributed by atoms with Crippen molar-refractivity contribution in [2.75, 3.05) is 11.1 Å². The molecule has 156 valence electrons. The molecular formula is C21H23N5O2S2. The van der Waals surface area contributed by atoms with Gasteiger partial charge in [0.25, 0.3) is 5.56 Å². The second-order valence-corrected chi connectivity index (χ2v) is 9.08. The molecule has 0 spiro atoms. The summed E-state index contributed by atoms with van der Waals surface area (Å²) in [6.45, 7) is 6.65. The highest BCUT2D eigenvalue weighted by Gasteiger charge is 2.18. The Kier molecular flexibility index (Phi) is 5.92. The molecule has 0 unspecified atom stereocenters. The van der Waals surface area contributed by atoms with Crippen molar-refractivity contribution >= 4 is 50.7 Å². The average Bonchev–Trinajstić information content (AvgIpc) is 3.36. The summed E-state index contributed by atoms with van der Waals surface area (Å²) in [7, 11) is 0. The van der Waals surface area contributed by atoms with Crippen LogP contribution >= 0.6 is 23.1 Å². The molecule has 4 aromatic rings. The monoisotopic (exact) mass is 441 g/mol. The average molecular weight is 442 g/mol. The van der Waals surface area contributed by atoms with Crippen LogP contribution in [0, 0.1) is 13.8 Å². The third-order valence-electron chi connectivity index (χ3n) is 4.92. The van der Waals surface area contributed by atoms with Crippen LogP contribution in [0.25, 0.3) is 16.0 Å². The van der Waals surface area contributed by atoms with Gasteiger partial charge in [-0.25, -0.2) is 0 Å². The molecule has 3 aromatic heterocycles. The van der Waals surface area contributed by atoms with E-state index < -0.39 is 0 Å². The number of benzene rings is 1. The van der Waals surface area contributed by atoms with Gasteiger partial charge in [-0.1, -0.05) is 37.2 Å². The number of anilines is 1. The van der Waals surface area contributed by atoms with E-state index in [0.29, 0.717) is 22.2 Å². The van der Waals surface area contributed by atoms with Gasteiger partial charge in [-0.2, -0.15) is 0 Å². The maximum atomic E-state index is 12.9. The molecule has 0 saturated heterocycles. The lowest BCUT2D eigenvalue weighted by Crippen LogP contribution is -2.22. The van der Waals surface area contributed by atoms with E-state index in [-0.39, 0.29) is 17.2 Å². The van der Waals surface area contributed by atoms with Gasteiger partial charge in [0.05, 0.1) is 11.3 Å². The van der Waals surface area contributed by atoms with Crippen LogP contribution in [0.15, 0.2) is 39.6 Å². The van der Waals surface area contributed by atoms with E-state index in [1.165, 1.54) is 23.1 Å². The highest BCUT2D eigenvalue weighted by Crippen LogP contribution is 2.25. The molecule has 7 nitrogen and oxygen atoms in total. The lowest BCUT2D eigenvalue weighted by atomic mass is 10.1. The second-order valence-electron chi connectivity index (χ2n) is 7.22. The number of hydrogen-bond acceptors (Lipinski definition) is 6. The number of unbranched alkanes of at least 4 members (excludes halogenated alkanes) is 1. The molecule has 30 heavy (non-hydrogen) atoms. The number of fused-ring (bicyclic) bond motifs is 3. The second kappa shape index (κ2) is 8.61. The molecule has 1 amide bonds. The minimum atomic E-state index is -0.105. The van der Waals surface area contributed by atoms with Crippen LogP contribution in [-0.4, -0.2) is 30.8 Å². The van der Waals surface area contributed by atoms with E-state index in [1.54, 1.807) is 4.57 Å². The van der Waals surface area contributed by atoms with E-state index in [0.717, 1.165) is 35.2 Å². The summed E-state index contributed by atoms with van der Waals surface area (Å²) in [5, 5.41) is 14.0. The zero-order valence-electron chi connectivity index (χ0n) is 17.1. The third kappa shape index (κ3) is 3.87. The number of carbonyl (C=O) groups is 1. The Labute approximate surface area is 182 Å². The smallest absolute Gasteiger partial charge is 0.272 e. The number of carbonyl (C=O) groups excluding carboxylic acids is 1. The van der Waals surface area contributed by atoms with Crippen LogP contribution in [0.2, 0.25) is 0 Å². The highest BCUT2D eigenvalue weighted by molar-refractivity contribution is 7.99. The maximum Gasteiger partial charge on any atom is 0.272 e. The molecule has 0 radical (unpaired) electrons. The predicted octanol–water partition coefficient (Wildman–Crippen LogP) is 4.25. The van der Waals surface area contributed by atoms with Gasteiger partial charge in [0.2, 0.25) is 11.7 Å². The molecule has 9 heteroatoms. The van der Waals surface area contributed by atoms with Crippen LogP contribution in [0.1, 0.15) is 30.9 Å². The van der Waals surface area contributed by atoms with Crippen molar-refractivity contribution < 1.29 is 4.79 Å². The van der Waals surface area contributed by atoms with Crippen LogP contribution < -0.4 is 10.9 Å². The Balaban J connectivity index is 1.62. The molecule has 1 N–H and O–H groups in total. The molecule has 0 aliphatic carbocycles. The SMILES string of the molecule is CCCCn1c(=O)c2sccc2n2c(SCC(=O)Nc3cc(C)ccc3C)nnc12. The van der Waals surface area contributed by atoms with Crippen molar-refractivity contribution in [3.63, 3.8) is 0 Å². The Morgan fingerprint density at radius 2 is 2.07 bits per heavy atom. The first kappa shape index (κ1) is 20.6. The predicted molar refractivity (Wildman–Crippen MR) is 123 cm³/mol. The van der Waals surface area contributed by atoms with Gasteiger partial charge in [-0.05, 0) is 48.9 Å². The fourth-order valence-electron chi connectivity index (χ4n) is 3.30. The van der Waals surface area contributed by atoms with E-state index in [1.807, 2.05) is 47.9 Å². The van der Waals surface area contributed by atoms with Crippen molar-refractivity contribution in [2.45, 2.75) is 45.3 Å². The standard InChI is InChI=1S/C21H23N5O2S2/c1-4-5-9-25-19(28)18-16(8-10-29-18)26-20(25)23-24-21(26)30-12-17(27)22-15-11-13(2)6-7-14(15)3/h6-8,10-11H,4-5,9,12H2,1-3H3,(H,22,27). The fraction of sp³-hybridized carbons (Fsp3) is 0.333. The molecule has 0 fully saturated rings. The Morgan fingerprint density at radius 3 is 2.87 bits per heavy atom. The van der Waals surface area contributed by atoms with Crippen molar-refractivity contribution in [1.82, 2.24) is 19.2 Å². The van der Waals surface area contributed by atoms with Crippen LogP contribution in [0.5, 0.6) is 0 Å². The largest absolute Gasteiger partial charge is 0.325 e. The number of nitrogens with zero attached hydrogens (tertiary/aromatic N) is 4. The summed E-state index contributed by atoms with van der Waals surface area (Å²) in [5.74, 6) is 0.622. The van der Waals surface area contributed by atoms with Crippen LogP contribution in [-0.2, 0) is 11.3 Å². The quantitative estimate of drug-likeness (QED) is 0.434. The highest BCUT2D eigenvalue weighted by atomic mass is 32.2. The molecule has 3 heterocycles. The van der Waals surface area contributed by atoms with Crippen LogP contribution in [0.4, 0.5) is 5.69 Å². The summed E-state index contributed by atoms with van der Waals surface area (Å²) >= 11 is 2.74. The van der Waals surface area contributed by atoms with Crippen molar-refractivity contribution in [2.24, 2.45) is 0 Å². The van der Waals surface area contributed by atoms with Crippen molar-refractivity contribution in [3.8, 4) is 0 Å². The molecule has 0 saturated carbocycles. The molecular weight excluding hydrogens is 418 g/mol. The molecule has 1 aromatic carbocycles. The lowest BCUT2D eigenvalue weighted by molar-refractivity contribution is -0.113. The molecule has 0 aliphatic rings. The maximum absolute atomic E-state index is 12.9. The molecule has 4 rings (SSSR count). The minimum absolute atomic E-state index is 0.0300. The van der Waals surface area contributed by atoms with E-state index in [2.05, 4.69) is 22.4 Å². The first-order valence-corrected chi connectivity index (χ1v) is 11.7. The Morgan fingerprint density at radius 1 is 1.23 bits per heavy atom. The Hall–Kier alpha value is -2.65. The Bertz CT molecular complexity index is 1290. The number of rotatable bonds is 7. The van der Waals surface area contributed by atoms with Gasteiger partial charge in [-0.15, -0.1) is 21.5 Å². The van der Waals surface area contributed by atoms with Crippen molar-refractivity contribution in [1.29, 1.82) is 0 Å². The van der Waals surface area contributed by atoms with Gasteiger partial charge in [-0.3, -0.25) is 18.6 Å². The molecule has 0 aliphatic heterocycles. The number of amides is 1. The van der Waals surface area contributed by atoms with E-state index in [4.69, 9.17) is 0 Å². The lowest BCUT2D eigenvalue weighted by Gasteiger charge is -2.10. The first-order chi connectivity index (χ1) is 14.5. The van der Waals surface area contributed by atoms with Crippen molar-refractivity contribution in [3.05, 3.63) is 51.1 Å². The molecule has 0 bridgehead atoms. The summed E-state index contributed by atoms with van der Waals surface area (Å²) < 4.78 is 4.26. The summed E-state index contributed by atoms with van der Waals surface area (Å²) in [6.07, 6.45) is 1.87. The number of nitrogens with one attached hydrogen (secondary N) is 1.